The molecule has 0 unspecified atom stereocenters. The Hall–Kier alpha value is -1.98. The van der Waals surface area contributed by atoms with Crippen molar-refractivity contribution >= 4 is 0 Å². The van der Waals surface area contributed by atoms with Gasteiger partial charge in [-0.15, -0.1) is 0 Å². The lowest BCUT2D eigenvalue weighted by Crippen LogP contribution is -2.30. The van der Waals surface area contributed by atoms with E-state index in [2.05, 4.69) is 33.1 Å². The van der Waals surface area contributed by atoms with Gasteiger partial charge in [-0.05, 0) is 37.1 Å². The summed E-state index contributed by atoms with van der Waals surface area (Å²) in [4.78, 5) is 11.0. The van der Waals surface area contributed by atoms with Crippen LogP contribution in [0.1, 0.15) is 17.0 Å². The molecule has 0 saturated carbocycles. The van der Waals surface area contributed by atoms with Gasteiger partial charge < -0.3 is 9.47 Å². The van der Waals surface area contributed by atoms with Crippen LogP contribution in [0.3, 0.4) is 0 Å². The summed E-state index contributed by atoms with van der Waals surface area (Å²) in [5.41, 5.74) is 3.42. The summed E-state index contributed by atoms with van der Waals surface area (Å²) in [6.07, 6.45) is 2.58. The molecule has 1 saturated heterocycles. The van der Waals surface area contributed by atoms with Crippen LogP contribution in [0.25, 0.3) is 0 Å². The highest BCUT2D eigenvalue weighted by Gasteiger charge is 2.20. The average Bonchev–Trinajstić information content (AvgIpc) is 2.80. The first-order valence-electron chi connectivity index (χ1n) is 8.43. The van der Waals surface area contributed by atoms with Gasteiger partial charge in [-0.1, -0.05) is 12.1 Å². The number of methoxy groups -OCH3 is 1. The number of hydrogen-bond donors (Lipinski definition) is 0. The van der Waals surface area contributed by atoms with Crippen molar-refractivity contribution in [1.82, 2.24) is 14.9 Å². The molecule has 0 aliphatic carbocycles. The minimum Gasteiger partial charge on any atom is -0.497 e. The molecule has 5 heteroatoms. The third-order valence-electron chi connectivity index (χ3n) is 4.35. The van der Waals surface area contributed by atoms with Crippen LogP contribution in [-0.2, 0) is 17.7 Å². The molecule has 2 aromatic rings. The fourth-order valence-electron chi connectivity index (χ4n) is 3.13. The quantitative estimate of drug-likeness (QED) is 0.844. The number of rotatable bonds is 5. The van der Waals surface area contributed by atoms with Gasteiger partial charge in [-0.25, -0.2) is 9.97 Å². The highest BCUT2D eigenvalue weighted by molar-refractivity contribution is 5.27. The first-order chi connectivity index (χ1) is 11.7. The predicted molar refractivity (Wildman–Crippen MR) is 93.1 cm³/mol. The standard InChI is InChI=1S/C19H25N3O2/c1-15-9-18(21-14-20-15)10-17-12-22(7-8-24-13-17)11-16-3-5-19(23-2)6-4-16/h3-6,9,14,17H,7-8,10-13H2,1-2H3/t17-/m1/s1. The Bertz CT molecular complexity index is 645. The van der Waals surface area contributed by atoms with Crippen LogP contribution < -0.4 is 4.74 Å². The summed E-state index contributed by atoms with van der Waals surface area (Å²) in [7, 11) is 1.70. The van der Waals surface area contributed by atoms with Crippen molar-refractivity contribution < 1.29 is 9.47 Å². The second-order valence-corrected chi connectivity index (χ2v) is 6.38. The van der Waals surface area contributed by atoms with E-state index in [-0.39, 0.29) is 0 Å². The summed E-state index contributed by atoms with van der Waals surface area (Å²) in [5, 5.41) is 0. The highest BCUT2D eigenvalue weighted by Crippen LogP contribution is 2.17. The van der Waals surface area contributed by atoms with E-state index in [1.807, 2.05) is 19.1 Å². The maximum atomic E-state index is 5.81. The van der Waals surface area contributed by atoms with Gasteiger partial charge in [0.05, 0.1) is 20.3 Å². The van der Waals surface area contributed by atoms with Crippen LogP contribution in [0.15, 0.2) is 36.7 Å². The molecule has 1 fully saturated rings. The summed E-state index contributed by atoms with van der Waals surface area (Å²) in [6.45, 7) is 6.51. The molecule has 128 valence electrons. The molecular formula is C19H25N3O2. The maximum Gasteiger partial charge on any atom is 0.118 e. The van der Waals surface area contributed by atoms with Crippen molar-refractivity contribution in [2.24, 2.45) is 5.92 Å². The molecule has 1 aromatic carbocycles. The van der Waals surface area contributed by atoms with E-state index in [0.29, 0.717) is 5.92 Å². The zero-order chi connectivity index (χ0) is 16.8. The Balaban J connectivity index is 1.61. The Morgan fingerprint density at radius 2 is 2.08 bits per heavy atom. The molecule has 1 atom stereocenters. The van der Waals surface area contributed by atoms with Crippen LogP contribution in [0.2, 0.25) is 0 Å². The number of benzene rings is 1. The lowest BCUT2D eigenvalue weighted by atomic mass is 10.0. The number of aromatic nitrogens is 2. The number of aryl methyl sites for hydroxylation is 1. The topological polar surface area (TPSA) is 47.5 Å². The minimum atomic E-state index is 0.458. The zero-order valence-electron chi connectivity index (χ0n) is 14.4. The first kappa shape index (κ1) is 16.9. The summed E-state index contributed by atoms with van der Waals surface area (Å²) < 4.78 is 11.0. The molecule has 0 radical (unpaired) electrons. The van der Waals surface area contributed by atoms with Crippen LogP contribution in [0.5, 0.6) is 5.75 Å². The molecule has 0 spiro atoms. The molecule has 2 heterocycles. The van der Waals surface area contributed by atoms with E-state index in [1.165, 1.54) is 5.56 Å². The molecule has 1 aromatic heterocycles. The van der Waals surface area contributed by atoms with E-state index < -0.39 is 0 Å². The van der Waals surface area contributed by atoms with Gasteiger partial charge in [0.25, 0.3) is 0 Å². The monoisotopic (exact) mass is 327 g/mol. The molecule has 3 rings (SSSR count). The van der Waals surface area contributed by atoms with E-state index in [9.17, 15) is 0 Å². The Labute approximate surface area is 143 Å². The van der Waals surface area contributed by atoms with E-state index in [4.69, 9.17) is 9.47 Å². The van der Waals surface area contributed by atoms with Crippen LogP contribution in [-0.4, -0.2) is 48.3 Å². The molecular weight excluding hydrogens is 302 g/mol. The first-order valence-corrected chi connectivity index (χ1v) is 8.43. The zero-order valence-corrected chi connectivity index (χ0v) is 14.4. The van der Waals surface area contributed by atoms with E-state index >= 15 is 0 Å². The van der Waals surface area contributed by atoms with Crippen molar-refractivity contribution in [1.29, 1.82) is 0 Å². The third-order valence-corrected chi connectivity index (χ3v) is 4.35. The van der Waals surface area contributed by atoms with Gasteiger partial charge in [0, 0.05) is 36.9 Å². The van der Waals surface area contributed by atoms with E-state index in [0.717, 1.165) is 56.4 Å². The molecule has 5 nitrogen and oxygen atoms in total. The van der Waals surface area contributed by atoms with Crippen molar-refractivity contribution in [3.8, 4) is 5.75 Å². The fraction of sp³-hybridized carbons (Fsp3) is 0.474. The molecule has 1 aliphatic rings. The van der Waals surface area contributed by atoms with Crippen molar-refractivity contribution in [3.63, 3.8) is 0 Å². The van der Waals surface area contributed by atoms with Crippen LogP contribution >= 0.6 is 0 Å². The largest absolute Gasteiger partial charge is 0.497 e. The number of hydrogen-bond acceptors (Lipinski definition) is 5. The predicted octanol–water partition coefficient (Wildman–Crippen LogP) is 2.48. The Kier molecular flexibility index (Phi) is 5.77. The Morgan fingerprint density at radius 1 is 1.25 bits per heavy atom. The van der Waals surface area contributed by atoms with Crippen molar-refractivity contribution in [3.05, 3.63) is 53.6 Å². The van der Waals surface area contributed by atoms with Crippen LogP contribution in [0, 0.1) is 12.8 Å². The van der Waals surface area contributed by atoms with Gasteiger partial charge in [-0.2, -0.15) is 0 Å². The molecule has 0 bridgehead atoms. The fourth-order valence-corrected chi connectivity index (χ4v) is 3.13. The molecule has 0 amide bonds. The summed E-state index contributed by atoms with van der Waals surface area (Å²) in [6, 6.07) is 10.4. The number of nitrogens with zero attached hydrogens (tertiary/aromatic N) is 3. The summed E-state index contributed by atoms with van der Waals surface area (Å²) in [5.74, 6) is 1.36. The second-order valence-electron chi connectivity index (χ2n) is 6.38. The lowest BCUT2D eigenvalue weighted by Gasteiger charge is -2.23. The highest BCUT2D eigenvalue weighted by atomic mass is 16.5. The lowest BCUT2D eigenvalue weighted by molar-refractivity contribution is 0.121. The third kappa shape index (κ3) is 4.76. The van der Waals surface area contributed by atoms with Crippen molar-refractivity contribution in [2.75, 3.05) is 33.4 Å². The minimum absolute atomic E-state index is 0.458. The van der Waals surface area contributed by atoms with Gasteiger partial charge in [0.1, 0.15) is 12.1 Å². The van der Waals surface area contributed by atoms with Crippen molar-refractivity contribution in [2.45, 2.75) is 19.9 Å². The second kappa shape index (κ2) is 8.22. The molecule has 1 aliphatic heterocycles. The smallest absolute Gasteiger partial charge is 0.118 e. The van der Waals surface area contributed by atoms with E-state index in [1.54, 1.807) is 13.4 Å². The van der Waals surface area contributed by atoms with Gasteiger partial charge in [-0.3, -0.25) is 4.90 Å². The molecule has 24 heavy (non-hydrogen) atoms. The van der Waals surface area contributed by atoms with Gasteiger partial charge in [0.2, 0.25) is 0 Å². The van der Waals surface area contributed by atoms with Gasteiger partial charge in [0.15, 0.2) is 0 Å². The maximum absolute atomic E-state index is 5.81. The normalized spacial score (nSPS) is 19.0. The SMILES string of the molecule is COc1ccc(CN2CCOC[C@H](Cc3cc(C)ncn3)C2)cc1. The molecule has 0 N–H and O–H groups in total. The Morgan fingerprint density at radius 3 is 2.83 bits per heavy atom. The number of ether oxygens (including phenoxy) is 2. The van der Waals surface area contributed by atoms with Gasteiger partial charge >= 0.3 is 0 Å². The summed E-state index contributed by atoms with van der Waals surface area (Å²) >= 11 is 0. The van der Waals surface area contributed by atoms with Crippen LogP contribution in [0.4, 0.5) is 0 Å². The average molecular weight is 327 g/mol.